The highest BCUT2D eigenvalue weighted by atomic mass is 19.1. The third-order valence-electron chi connectivity index (χ3n) is 3.68. The summed E-state index contributed by atoms with van der Waals surface area (Å²) in [6, 6.07) is 12.1. The van der Waals surface area contributed by atoms with E-state index >= 15 is 0 Å². The highest BCUT2D eigenvalue weighted by Gasteiger charge is 2.22. The SMILES string of the molecule is Fc1ccc(F)c(CNCc2ccc(C3CC3)cc2)c1. The molecule has 0 saturated heterocycles. The van der Waals surface area contributed by atoms with Gasteiger partial charge in [0.05, 0.1) is 0 Å². The number of hydrogen-bond acceptors (Lipinski definition) is 1. The van der Waals surface area contributed by atoms with Gasteiger partial charge in [0.15, 0.2) is 0 Å². The number of hydrogen-bond donors (Lipinski definition) is 1. The molecule has 0 aromatic heterocycles. The van der Waals surface area contributed by atoms with Crippen LogP contribution in [-0.4, -0.2) is 0 Å². The first kappa shape index (κ1) is 13.3. The molecule has 0 aliphatic heterocycles. The quantitative estimate of drug-likeness (QED) is 0.863. The monoisotopic (exact) mass is 273 g/mol. The third-order valence-corrected chi connectivity index (χ3v) is 3.68. The topological polar surface area (TPSA) is 12.0 Å². The molecule has 1 saturated carbocycles. The Morgan fingerprint density at radius 1 is 0.950 bits per heavy atom. The van der Waals surface area contributed by atoms with Crippen LogP contribution in [0.3, 0.4) is 0 Å². The van der Waals surface area contributed by atoms with Gasteiger partial charge in [0.25, 0.3) is 0 Å². The van der Waals surface area contributed by atoms with E-state index in [-0.39, 0.29) is 5.82 Å². The number of nitrogens with one attached hydrogen (secondary N) is 1. The normalized spacial score (nSPS) is 14.5. The highest BCUT2D eigenvalue weighted by molar-refractivity contribution is 5.28. The molecule has 0 unspecified atom stereocenters. The zero-order valence-corrected chi connectivity index (χ0v) is 11.2. The molecule has 0 amide bonds. The van der Waals surface area contributed by atoms with E-state index < -0.39 is 5.82 Å². The summed E-state index contributed by atoms with van der Waals surface area (Å²) in [4.78, 5) is 0. The number of benzene rings is 2. The molecule has 0 heterocycles. The van der Waals surface area contributed by atoms with E-state index in [9.17, 15) is 8.78 Å². The van der Waals surface area contributed by atoms with Gasteiger partial charge in [-0.25, -0.2) is 8.78 Å². The first-order valence-corrected chi connectivity index (χ1v) is 6.96. The van der Waals surface area contributed by atoms with Gasteiger partial charge in [0.2, 0.25) is 0 Å². The van der Waals surface area contributed by atoms with Crippen LogP contribution < -0.4 is 5.32 Å². The Morgan fingerprint density at radius 2 is 1.70 bits per heavy atom. The number of rotatable bonds is 5. The lowest BCUT2D eigenvalue weighted by Crippen LogP contribution is -2.14. The zero-order chi connectivity index (χ0) is 13.9. The molecule has 1 fully saturated rings. The summed E-state index contributed by atoms with van der Waals surface area (Å²) in [7, 11) is 0. The molecule has 0 bridgehead atoms. The summed E-state index contributed by atoms with van der Waals surface area (Å²) >= 11 is 0. The summed E-state index contributed by atoms with van der Waals surface area (Å²) in [6.45, 7) is 0.981. The Hall–Kier alpha value is -1.74. The largest absolute Gasteiger partial charge is 0.309 e. The average molecular weight is 273 g/mol. The molecule has 1 nitrogen and oxygen atoms in total. The van der Waals surface area contributed by atoms with Crippen LogP contribution in [0.4, 0.5) is 8.78 Å². The van der Waals surface area contributed by atoms with Gasteiger partial charge in [-0.1, -0.05) is 24.3 Å². The maximum Gasteiger partial charge on any atom is 0.127 e. The van der Waals surface area contributed by atoms with Gasteiger partial charge in [0.1, 0.15) is 11.6 Å². The van der Waals surface area contributed by atoms with Crippen molar-refractivity contribution in [1.29, 1.82) is 0 Å². The molecule has 1 aliphatic carbocycles. The van der Waals surface area contributed by atoms with Crippen molar-refractivity contribution in [3.05, 3.63) is 70.8 Å². The molecule has 2 aromatic carbocycles. The molecule has 2 aromatic rings. The Bertz CT molecular complexity index is 588. The summed E-state index contributed by atoms with van der Waals surface area (Å²) in [5.74, 6) is -0.0154. The summed E-state index contributed by atoms with van der Waals surface area (Å²) in [6.07, 6.45) is 2.60. The van der Waals surface area contributed by atoms with Gasteiger partial charge >= 0.3 is 0 Å². The van der Waals surface area contributed by atoms with Crippen LogP contribution >= 0.6 is 0 Å². The van der Waals surface area contributed by atoms with Crippen molar-refractivity contribution < 1.29 is 8.78 Å². The minimum Gasteiger partial charge on any atom is -0.309 e. The molecule has 1 N–H and O–H groups in total. The minimum atomic E-state index is -0.406. The van der Waals surface area contributed by atoms with Gasteiger partial charge in [0, 0.05) is 18.7 Å². The average Bonchev–Trinajstić information content (AvgIpc) is 3.28. The molecular weight excluding hydrogens is 256 g/mol. The fourth-order valence-electron chi connectivity index (χ4n) is 2.34. The highest BCUT2D eigenvalue weighted by Crippen LogP contribution is 2.39. The molecular formula is C17H17F2N. The molecule has 0 atom stereocenters. The smallest absolute Gasteiger partial charge is 0.127 e. The second-order valence-corrected chi connectivity index (χ2v) is 5.36. The van der Waals surface area contributed by atoms with Crippen LogP contribution in [-0.2, 0) is 13.1 Å². The predicted molar refractivity (Wildman–Crippen MR) is 75.3 cm³/mol. The van der Waals surface area contributed by atoms with Crippen molar-refractivity contribution in [3.63, 3.8) is 0 Å². The van der Waals surface area contributed by atoms with Crippen molar-refractivity contribution in [3.8, 4) is 0 Å². The molecule has 1 aliphatic rings. The van der Waals surface area contributed by atoms with Crippen LogP contribution in [0.5, 0.6) is 0 Å². The lowest BCUT2D eigenvalue weighted by molar-refractivity contribution is 0.568. The van der Waals surface area contributed by atoms with Crippen molar-refractivity contribution in [2.75, 3.05) is 0 Å². The first-order valence-electron chi connectivity index (χ1n) is 6.96. The molecule has 20 heavy (non-hydrogen) atoms. The van der Waals surface area contributed by atoms with Gasteiger partial charge in [-0.2, -0.15) is 0 Å². The van der Waals surface area contributed by atoms with Gasteiger partial charge in [-0.05, 0) is 48.1 Å². The summed E-state index contributed by atoms with van der Waals surface area (Å²) in [5, 5.41) is 3.14. The summed E-state index contributed by atoms with van der Waals surface area (Å²) < 4.78 is 26.5. The molecule has 3 heteroatoms. The van der Waals surface area contributed by atoms with E-state index in [2.05, 4.69) is 29.6 Å². The lowest BCUT2D eigenvalue weighted by atomic mass is 10.1. The van der Waals surface area contributed by atoms with E-state index in [0.29, 0.717) is 18.7 Å². The zero-order valence-electron chi connectivity index (χ0n) is 11.2. The van der Waals surface area contributed by atoms with Crippen molar-refractivity contribution in [1.82, 2.24) is 5.32 Å². The van der Waals surface area contributed by atoms with Crippen molar-refractivity contribution in [2.24, 2.45) is 0 Å². The fourth-order valence-corrected chi connectivity index (χ4v) is 2.34. The van der Waals surface area contributed by atoms with Gasteiger partial charge in [-0.3, -0.25) is 0 Å². The minimum absolute atomic E-state index is 0.327. The Balaban J connectivity index is 1.55. The maximum absolute atomic E-state index is 13.4. The van der Waals surface area contributed by atoms with E-state index in [1.165, 1.54) is 24.5 Å². The molecule has 0 radical (unpaired) electrons. The Kier molecular flexibility index (Phi) is 3.79. The van der Waals surface area contributed by atoms with Crippen molar-refractivity contribution in [2.45, 2.75) is 31.8 Å². The maximum atomic E-state index is 13.4. The lowest BCUT2D eigenvalue weighted by Gasteiger charge is -2.07. The fraction of sp³-hybridized carbons (Fsp3) is 0.294. The second kappa shape index (κ2) is 5.71. The van der Waals surface area contributed by atoms with E-state index in [1.807, 2.05) is 0 Å². The predicted octanol–water partition coefficient (Wildman–Crippen LogP) is 4.13. The van der Waals surface area contributed by atoms with Crippen LogP contribution in [0.2, 0.25) is 0 Å². The molecule has 104 valence electrons. The van der Waals surface area contributed by atoms with Gasteiger partial charge < -0.3 is 5.32 Å². The van der Waals surface area contributed by atoms with E-state index in [1.54, 1.807) is 0 Å². The van der Waals surface area contributed by atoms with Crippen molar-refractivity contribution >= 4 is 0 Å². The van der Waals surface area contributed by atoms with Crippen LogP contribution in [0.1, 0.15) is 35.4 Å². The molecule has 0 spiro atoms. The Labute approximate surface area is 117 Å². The van der Waals surface area contributed by atoms with Crippen LogP contribution in [0.25, 0.3) is 0 Å². The van der Waals surface area contributed by atoms with Crippen LogP contribution in [0, 0.1) is 11.6 Å². The Morgan fingerprint density at radius 3 is 2.40 bits per heavy atom. The van der Waals surface area contributed by atoms with Gasteiger partial charge in [-0.15, -0.1) is 0 Å². The summed E-state index contributed by atoms with van der Waals surface area (Å²) in [5.41, 5.74) is 2.93. The van der Waals surface area contributed by atoms with E-state index in [4.69, 9.17) is 0 Å². The second-order valence-electron chi connectivity index (χ2n) is 5.36. The third kappa shape index (κ3) is 3.23. The first-order chi connectivity index (χ1) is 9.72. The van der Waals surface area contributed by atoms with Crippen LogP contribution in [0.15, 0.2) is 42.5 Å². The number of halogens is 2. The van der Waals surface area contributed by atoms with E-state index in [0.717, 1.165) is 23.6 Å². The standard InChI is InChI=1S/C17H17F2N/c18-16-7-8-17(19)15(9-16)11-20-10-12-1-3-13(4-2-12)14-5-6-14/h1-4,7-9,14,20H,5-6,10-11H2. The molecule has 3 rings (SSSR count).